The summed E-state index contributed by atoms with van der Waals surface area (Å²) in [7, 11) is 0. The van der Waals surface area contributed by atoms with Crippen molar-refractivity contribution in [3.05, 3.63) is 109 Å². The molecular formula is C23H14Br2N2O5. The average Bonchev–Trinajstić information content (AvgIpc) is 3.05. The minimum absolute atomic E-state index is 0.0888. The van der Waals surface area contributed by atoms with Crippen LogP contribution in [0.5, 0.6) is 0 Å². The number of ketones is 1. The molecule has 160 valence electrons. The average molecular weight is 558 g/mol. The van der Waals surface area contributed by atoms with Crippen LogP contribution in [-0.4, -0.2) is 21.7 Å². The Bertz CT molecular complexity index is 1250. The van der Waals surface area contributed by atoms with E-state index >= 15 is 0 Å². The first-order valence-electron chi connectivity index (χ1n) is 9.35. The lowest BCUT2D eigenvalue weighted by Crippen LogP contribution is -2.29. The number of aliphatic hydroxyl groups excluding tert-OH is 1. The quantitative estimate of drug-likeness (QED) is 0.145. The highest BCUT2D eigenvalue weighted by Crippen LogP contribution is 2.42. The van der Waals surface area contributed by atoms with E-state index in [4.69, 9.17) is 0 Å². The number of carbonyl (C=O) groups excluding carboxylic acids is 2. The van der Waals surface area contributed by atoms with Crippen LogP contribution in [0.4, 0.5) is 11.4 Å². The van der Waals surface area contributed by atoms with E-state index in [2.05, 4.69) is 31.9 Å². The Morgan fingerprint density at radius 2 is 1.41 bits per heavy atom. The topological polar surface area (TPSA) is 101 Å². The number of amides is 1. The van der Waals surface area contributed by atoms with Crippen molar-refractivity contribution in [1.82, 2.24) is 0 Å². The molecule has 1 aliphatic rings. The predicted molar refractivity (Wildman–Crippen MR) is 126 cm³/mol. The Morgan fingerprint density at radius 1 is 0.875 bits per heavy atom. The molecule has 3 aromatic carbocycles. The highest BCUT2D eigenvalue weighted by atomic mass is 79.9. The Balaban J connectivity index is 1.90. The van der Waals surface area contributed by atoms with Gasteiger partial charge in [0.1, 0.15) is 5.76 Å². The number of halogens is 2. The second-order valence-electron chi connectivity index (χ2n) is 7.00. The number of benzene rings is 3. The van der Waals surface area contributed by atoms with Crippen LogP contribution in [0.15, 0.2) is 87.3 Å². The van der Waals surface area contributed by atoms with Crippen LogP contribution in [0.25, 0.3) is 5.76 Å². The minimum Gasteiger partial charge on any atom is -0.507 e. The molecule has 1 fully saturated rings. The van der Waals surface area contributed by atoms with Gasteiger partial charge in [0.15, 0.2) is 0 Å². The van der Waals surface area contributed by atoms with Crippen molar-refractivity contribution in [3.63, 3.8) is 0 Å². The van der Waals surface area contributed by atoms with Gasteiger partial charge in [0.05, 0.1) is 16.5 Å². The summed E-state index contributed by atoms with van der Waals surface area (Å²) in [5.41, 5.74) is 1.08. The van der Waals surface area contributed by atoms with Crippen molar-refractivity contribution in [1.29, 1.82) is 0 Å². The molecule has 0 spiro atoms. The van der Waals surface area contributed by atoms with Crippen LogP contribution in [0.2, 0.25) is 0 Å². The minimum atomic E-state index is -0.875. The van der Waals surface area contributed by atoms with Gasteiger partial charge in [-0.25, -0.2) is 0 Å². The molecule has 32 heavy (non-hydrogen) atoms. The van der Waals surface area contributed by atoms with Crippen molar-refractivity contribution in [2.45, 2.75) is 6.04 Å². The van der Waals surface area contributed by atoms with Crippen molar-refractivity contribution in [2.24, 2.45) is 0 Å². The van der Waals surface area contributed by atoms with Gasteiger partial charge in [-0.3, -0.25) is 24.6 Å². The fourth-order valence-corrected chi connectivity index (χ4v) is 4.09. The molecule has 1 atom stereocenters. The van der Waals surface area contributed by atoms with Gasteiger partial charge < -0.3 is 5.11 Å². The second-order valence-corrected chi connectivity index (χ2v) is 8.83. The number of rotatable bonds is 4. The summed E-state index contributed by atoms with van der Waals surface area (Å²) in [6.07, 6.45) is 0. The third-order valence-corrected chi connectivity index (χ3v) is 6.14. The number of non-ortho nitro benzene ring substituents is 1. The van der Waals surface area contributed by atoms with E-state index < -0.39 is 28.4 Å². The summed E-state index contributed by atoms with van der Waals surface area (Å²) in [6, 6.07) is 18.3. The first-order valence-corrected chi connectivity index (χ1v) is 10.9. The number of anilines is 1. The standard InChI is InChI=1S/C23H14Br2N2O5/c24-15-5-1-13(2-6-15)20-19(21(28)14-3-9-18(10-4-14)27(31)32)22(29)23(30)26(20)17-11-7-16(25)8-12-17/h1-12,20,28H/b21-19-. The maximum absolute atomic E-state index is 13.1. The van der Waals surface area contributed by atoms with Crippen LogP contribution in [-0.2, 0) is 9.59 Å². The van der Waals surface area contributed by atoms with Gasteiger partial charge in [0.25, 0.3) is 17.4 Å². The van der Waals surface area contributed by atoms with E-state index in [1.165, 1.54) is 29.2 Å². The van der Waals surface area contributed by atoms with Gasteiger partial charge in [-0.05, 0) is 54.1 Å². The Kier molecular flexibility index (Phi) is 5.94. The van der Waals surface area contributed by atoms with Crippen molar-refractivity contribution in [2.75, 3.05) is 4.90 Å². The van der Waals surface area contributed by atoms with E-state index in [0.717, 1.165) is 8.95 Å². The number of nitro groups is 1. The number of carbonyl (C=O) groups is 2. The highest BCUT2D eigenvalue weighted by Gasteiger charge is 2.46. The summed E-state index contributed by atoms with van der Waals surface area (Å²) in [5, 5.41) is 22.0. The summed E-state index contributed by atoms with van der Waals surface area (Å²) in [5.74, 6) is -2.01. The summed E-state index contributed by atoms with van der Waals surface area (Å²) < 4.78 is 1.63. The number of hydrogen-bond acceptors (Lipinski definition) is 5. The Hall–Kier alpha value is -3.30. The number of nitrogens with zero attached hydrogens (tertiary/aromatic N) is 2. The molecule has 4 rings (SSSR count). The molecule has 9 heteroatoms. The number of nitro benzene ring substituents is 1. The third-order valence-electron chi connectivity index (χ3n) is 5.09. The van der Waals surface area contributed by atoms with Crippen LogP contribution >= 0.6 is 31.9 Å². The summed E-state index contributed by atoms with van der Waals surface area (Å²) in [6.45, 7) is 0. The van der Waals surface area contributed by atoms with E-state index in [-0.39, 0.29) is 16.8 Å². The van der Waals surface area contributed by atoms with E-state index in [1.54, 1.807) is 48.5 Å². The molecule has 1 saturated heterocycles. The molecule has 7 nitrogen and oxygen atoms in total. The van der Waals surface area contributed by atoms with Gasteiger partial charge in [0, 0.05) is 32.3 Å². The van der Waals surface area contributed by atoms with Crippen LogP contribution in [0, 0.1) is 10.1 Å². The largest absolute Gasteiger partial charge is 0.507 e. The van der Waals surface area contributed by atoms with Gasteiger partial charge >= 0.3 is 0 Å². The SMILES string of the molecule is O=C1C(=O)N(c2ccc(Br)cc2)C(c2ccc(Br)cc2)/C1=C(/O)c1ccc([N+](=O)[O-])cc1. The zero-order chi connectivity index (χ0) is 23.0. The molecule has 0 aliphatic carbocycles. The van der Waals surface area contributed by atoms with Gasteiger partial charge in [-0.15, -0.1) is 0 Å². The van der Waals surface area contributed by atoms with Crippen LogP contribution < -0.4 is 4.90 Å². The molecule has 1 unspecified atom stereocenters. The summed E-state index contributed by atoms with van der Waals surface area (Å²) in [4.78, 5) is 37.8. The van der Waals surface area contributed by atoms with Crippen molar-refractivity contribution in [3.8, 4) is 0 Å². The molecule has 0 aromatic heterocycles. The molecule has 1 aliphatic heterocycles. The zero-order valence-corrected chi connectivity index (χ0v) is 19.4. The maximum atomic E-state index is 13.1. The molecule has 0 saturated carbocycles. The smallest absolute Gasteiger partial charge is 0.300 e. The molecule has 1 amide bonds. The van der Waals surface area contributed by atoms with Crippen molar-refractivity contribution >= 4 is 60.7 Å². The zero-order valence-electron chi connectivity index (χ0n) is 16.2. The Morgan fingerprint density at radius 3 is 1.94 bits per heavy atom. The summed E-state index contributed by atoms with van der Waals surface area (Å²) >= 11 is 6.73. The fraction of sp³-hybridized carbons (Fsp3) is 0.0435. The second kappa shape index (κ2) is 8.68. The number of hydrogen-bond donors (Lipinski definition) is 1. The first kappa shape index (κ1) is 21.9. The molecular weight excluding hydrogens is 544 g/mol. The lowest BCUT2D eigenvalue weighted by molar-refractivity contribution is -0.384. The normalized spacial score (nSPS) is 17.6. The molecule has 0 bridgehead atoms. The van der Waals surface area contributed by atoms with Crippen LogP contribution in [0.3, 0.4) is 0 Å². The molecule has 3 aromatic rings. The third kappa shape index (κ3) is 3.96. The van der Waals surface area contributed by atoms with Crippen molar-refractivity contribution < 1.29 is 19.6 Å². The molecule has 0 radical (unpaired) electrons. The van der Waals surface area contributed by atoms with E-state index in [0.29, 0.717) is 11.3 Å². The maximum Gasteiger partial charge on any atom is 0.300 e. The predicted octanol–water partition coefficient (Wildman–Crippen LogP) is 5.75. The Labute approximate surface area is 199 Å². The van der Waals surface area contributed by atoms with Crippen LogP contribution in [0.1, 0.15) is 17.2 Å². The lowest BCUT2D eigenvalue weighted by Gasteiger charge is -2.25. The van der Waals surface area contributed by atoms with E-state index in [9.17, 15) is 24.8 Å². The molecule has 1 heterocycles. The van der Waals surface area contributed by atoms with Gasteiger partial charge in [-0.2, -0.15) is 0 Å². The van der Waals surface area contributed by atoms with E-state index in [1.807, 2.05) is 0 Å². The fourth-order valence-electron chi connectivity index (χ4n) is 3.56. The number of Topliss-reactive ketones (excluding diaryl/α,β-unsaturated/α-hetero) is 1. The first-order chi connectivity index (χ1) is 15.3. The lowest BCUT2D eigenvalue weighted by atomic mass is 9.95. The van der Waals surface area contributed by atoms with Gasteiger partial charge in [-0.1, -0.05) is 44.0 Å². The molecule has 1 N–H and O–H groups in total. The number of aliphatic hydroxyl groups is 1. The highest BCUT2D eigenvalue weighted by molar-refractivity contribution is 9.10. The van der Waals surface area contributed by atoms with Gasteiger partial charge in [0.2, 0.25) is 0 Å². The monoisotopic (exact) mass is 556 g/mol.